The van der Waals surface area contributed by atoms with Gasteiger partial charge in [-0.1, -0.05) is 6.07 Å². The third-order valence-electron chi connectivity index (χ3n) is 2.70. The Kier molecular flexibility index (Phi) is 3.79. The number of rotatable bonds is 5. The molecule has 0 atom stereocenters. The standard InChI is InChI=1S/C13H15N3O3/c1-10-8-11(2)15(14-10)6-7-19-13-5-3-4-12(9-13)16(17)18/h3-5,8-9H,6-7H2,1-2H3. The maximum atomic E-state index is 10.6. The zero-order valence-corrected chi connectivity index (χ0v) is 10.9. The third-order valence-corrected chi connectivity index (χ3v) is 2.70. The fourth-order valence-electron chi connectivity index (χ4n) is 1.84. The summed E-state index contributed by atoms with van der Waals surface area (Å²) in [7, 11) is 0. The maximum absolute atomic E-state index is 10.6. The highest BCUT2D eigenvalue weighted by molar-refractivity contribution is 5.37. The molecule has 0 aliphatic carbocycles. The van der Waals surface area contributed by atoms with Crippen LogP contribution in [0.4, 0.5) is 5.69 Å². The number of benzene rings is 1. The zero-order valence-electron chi connectivity index (χ0n) is 10.9. The minimum absolute atomic E-state index is 0.0311. The number of aryl methyl sites for hydroxylation is 2. The lowest BCUT2D eigenvalue weighted by Gasteiger charge is -2.07. The molecule has 1 heterocycles. The van der Waals surface area contributed by atoms with Gasteiger partial charge in [0.25, 0.3) is 5.69 Å². The van der Waals surface area contributed by atoms with E-state index in [-0.39, 0.29) is 5.69 Å². The zero-order chi connectivity index (χ0) is 13.8. The Morgan fingerprint density at radius 1 is 1.37 bits per heavy atom. The van der Waals surface area contributed by atoms with Crippen molar-refractivity contribution in [3.05, 3.63) is 51.8 Å². The Balaban J connectivity index is 1.94. The summed E-state index contributed by atoms with van der Waals surface area (Å²) in [4.78, 5) is 10.2. The van der Waals surface area contributed by atoms with E-state index in [0.717, 1.165) is 11.4 Å². The number of hydrogen-bond acceptors (Lipinski definition) is 4. The molecule has 2 rings (SSSR count). The number of non-ortho nitro benzene ring substituents is 1. The molecule has 0 saturated carbocycles. The summed E-state index contributed by atoms with van der Waals surface area (Å²) in [5.41, 5.74) is 2.07. The minimum Gasteiger partial charge on any atom is -0.491 e. The number of aromatic nitrogens is 2. The molecular weight excluding hydrogens is 246 g/mol. The van der Waals surface area contributed by atoms with E-state index in [2.05, 4.69) is 5.10 Å². The molecule has 0 N–H and O–H groups in total. The molecule has 6 heteroatoms. The normalized spacial score (nSPS) is 10.4. The smallest absolute Gasteiger partial charge is 0.273 e. The first-order valence-electron chi connectivity index (χ1n) is 5.94. The second-order valence-corrected chi connectivity index (χ2v) is 4.25. The predicted molar refractivity (Wildman–Crippen MR) is 70.3 cm³/mol. The molecular formula is C13H15N3O3. The Bertz CT molecular complexity index is 593. The third kappa shape index (κ3) is 3.31. The van der Waals surface area contributed by atoms with Gasteiger partial charge in [-0.05, 0) is 26.0 Å². The first kappa shape index (κ1) is 13.1. The quantitative estimate of drug-likeness (QED) is 0.612. The Hall–Kier alpha value is -2.37. The number of nitrogens with zero attached hydrogens (tertiary/aromatic N) is 3. The van der Waals surface area contributed by atoms with E-state index in [0.29, 0.717) is 18.9 Å². The van der Waals surface area contributed by atoms with E-state index in [1.807, 2.05) is 24.6 Å². The molecule has 1 aromatic heterocycles. The van der Waals surface area contributed by atoms with Crippen molar-refractivity contribution in [3.8, 4) is 5.75 Å². The van der Waals surface area contributed by atoms with Gasteiger partial charge >= 0.3 is 0 Å². The van der Waals surface area contributed by atoms with E-state index in [9.17, 15) is 10.1 Å². The van der Waals surface area contributed by atoms with E-state index in [1.165, 1.54) is 12.1 Å². The van der Waals surface area contributed by atoms with Crippen LogP contribution in [0.2, 0.25) is 0 Å². The van der Waals surface area contributed by atoms with Gasteiger partial charge in [0.15, 0.2) is 0 Å². The summed E-state index contributed by atoms with van der Waals surface area (Å²) < 4.78 is 7.35. The van der Waals surface area contributed by atoms with Crippen LogP contribution in [-0.2, 0) is 6.54 Å². The molecule has 0 bridgehead atoms. The summed E-state index contributed by atoms with van der Waals surface area (Å²) >= 11 is 0. The molecule has 0 amide bonds. The van der Waals surface area contributed by atoms with Crippen molar-refractivity contribution in [1.29, 1.82) is 0 Å². The number of ether oxygens (including phenoxy) is 1. The van der Waals surface area contributed by atoms with Gasteiger partial charge in [-0.25, -0.2) is 0 Å². The number of nitro benzene ring substituents is 1. The van der Waals surface area contributed by atoms with Gasteiger partial charge in [-0.3, -0.25) is 14.8 Å². The lowest BCUT2D eigenvalue weighted by atomic mass is 10.3. The number of hydrogen-bond donors (Lipinski definition) is 0. The average molecular weight is 261 g/mol. The highest BCUT2D eigenvalue weighted by Gasteiger charge is 2.06. The van der Waals surface area contributed by atoms with Crippen LogP contribution in [0.1, 0.15) is 11.4 Å². The molecule has 0 fully saturated rings. The van der Waals surface area contributed by atoms with Crippen LogP contribution in [0.25, 0.3) is 0 Å². The van der Waals surface area contributed by atoms with E-state index < -0.39 is 4.92 Å². The van der Waals surface area contributed by atoms with Gasteiger partial charge < -0.3 is 4.74 Å². The monoisotopic (exact) mass is 261 g/mol. The maximum Gasteiger partial charge on any atom is 0.273 e. The Morgan fingerprint density at radius 2 is 2.16 bits per heavy atom. The van der Waals surface area contributed by atoms with Crippen molar-refractivity contribution in [2.75, 3.05) is 6.61 Å². The summed E-state index contributed by atoms with van der Waals surface area (Å²) in [6.07, 6.45) is 0. The van der Waals surface area contributed by atoms with Crippen molar-refractivity contribution < 1.29 is 9.66 Å². The second kappa shape index (κ2) is 5.51. The predicted octanol–water partition coefficient (Wildman–Crippen LogP) is 2.49. The summed E-state index contributed by atoms with van der Waals surface area (Å²) in [6.45, 7) is 4.95. The van der Waals surface area contributed by atoms with Crippen molar-refractivity contribution in [2.24, 2.45) is 0 Å². The molecule has 6 nitrogen and oxygen atoms in total. The van der Waals surface area contributed by atoms with Crippen LogP contribution in [-0.4, -0.2) is 21.3 Å². The van der Waals surface area contributed by atoms with Gasteiger partial charge in [-0.15, -0.1) is 0 Å². The summed E-state index contributed by atoms with van der Waals surface area (Å²) in [6, 6.07) is 8.16. The van der Waals surface area contributed by atoms with Crippen LogP contribution in [0, 0.1) is 24.0 Å². The largest absolute Gasteiger partial charge is 0.491 e. The van der Waals surface area contributed by atoms with Crippen molar-refractivity contribution in [1.82, 2.24) is 9.78 Å². The van der Waals surface area contributed by atoms with Gasteiger partial charge in [0.1, 0.15) is 12.4 Å². The van der Waals surface area contributed by atoms with E-state index in [1.54, 1.807) is 12.1 Å². The minimum atomic E-state index is -0.437. The van der Waals surface area contributed by atoms with E-state index in [4.69, 9.17) is 4.74 Å². The molecule has 0 aliphatic heterocycles. The van der Waals surface area contributed by atoms with E-state index >= 15 is 0 Å². The van der Waals surface area contributed by atoms with Gasteiger partial charge in [0.05, 0.1) is 23.2 Å². The Labute approximate surface area is 110 Å². The van der Waals surface area contributed by atoms with Gasteiger partial charge in [-0.2, -0.15) is 5.10 Å². The first-order valence-corrected chi connectivity index (χ1v) is 5.94. The second-order valence-electron chi connectivity index (χ2n) is 4.25. The molecule has 0 saturated heterocycles. The molecule has 1 aromatic carbocycles. The molecule has 100 valence electrons. The lowest BCUT2D eigenvalue weighted by molar-refractivity contribution is -0.384. The fraction of sp³-hybridized carbons (Fsp3) is 0.308. The molecule has 0 aliphatic rings. The van der Waals surface area contributed by atoms with Crippen LogP contribution < -0.4 is 4.74 Å². The SMILES string of the molecule is Cc1cc(C)n(CCOc2cccc([N+](=O)[O-])c2)n1. The lowest BCUT2D eigenvalue weighted by Crippen LogP contribution is -2.10. The van der Waals surface area contributed by atoms with Gasteiger partial charge in [0, 0.05) is 11.8 Å². The van der Waals surface area contributed by atoms with Crippen molar-refractivity contribution in [3.63, 3.8) is 0 Å². The highest BCUT2D eigenvalue weighted by Crippen LogP contribution is 2.19. The fourth-order valence-corrected chi connectivity index (χ4v) is 1.84. The number of nitro groups is 1. The van der Waals surface area contributed by atoms with Crippen molar-refractivity contribution >= 4 is 5.69 Å². The van der Waals surface area contributed by atoms with Crippen LogP contribution in [0.15, 0.2) is 30.3 Å². The summed E-state index contributed by atoms with van der Waals surface area (Å²) in [5, 5.41) is 14.9. The molecule has 2 aromatic rings. The van der Waals surface area contributed by atoms with Gasteiger partial charge in [0.2, 0.25) is 0 Å². The topological polar surface area (TPSA) is 70.2 Å². The first-order chi connectivity index (χ1) is 9.06. The van der Waals surface area contributed by atoms with Crippen LogP contribution >= 0.6 is 0 Å². The molecule has 0 radical (unpaired) electrons. The average Bonchev–Trinajstić information content (AvgIpc) is 2.68. The molecule has 0 unspecified atom stereocenters. The molecule has 19 heavy (non-hydrogen) atoms. The Morgan fingerprint density at radius 3 is 2.79 bits per heavy atom. The van der Waals surface area contributed by atoms with Crippen molar-refractivity contribution in [2.45, 2.75) is 20.4 Å². The summed E-state index contributed by atoms with van der Waals surface area (Å²) in [5.74, 6) is 0.496. The van der Waals surface area contributed by atoms with Crippen LogP contribution in [0.5, 0.6) is 5.75 Å². The van der Waals surface area contributed by atoms with Crippen LogP contribution in [0.3, 0.4) is 0 Å². The molecule has 0 spiro atoms. The highest BCUT2D eigenvalue weighted by atomic mass is 16.6.